The molecule has 1 aromatic carbocycles. The first-order chi connectivity index (χ1) is 10.7. The largest absolute Gasteiger partial charge is 0.395 e. The zero-order valence-electron chi connectivity index (χ0n) is 12.8. The molecule has 2 heterocycles. The van der Waals surface area contributed by atoms with Crippen molar-refractivity contribution >= 4 is 22.8 Å². The van der Waals surface area contributed by atoms with E-state index in [1.807, 2.05) is 30.9 Å². The Labute approximate surface area is 129 Å². The summed E-state index contributed by atoms with van der Waals surface area (Å²) in [6.07, 6.45) is 0. The summed E-state index contributed by atoms with van der Waals surface area (Å²) in [6, 6.07) is 6.16. The van der Waals surface area contributed by atoms with Crippen molar-refractivity contribution in [3.63, 3.8) is 0 Å². The standard InChI is InChI=1S/C15H20N6O/c1-10-3-4-12-11(2)18-15(19-13(12)7-10)20-14-16-8-21(5-6-22)9-17-14/h3-4,7,22H,5-6,8-9H2,1-2H3,(H2,16,17,18,19,20). The topological polar surface area (TPSA) is 85.7 Å². The summed E-state index contributed by atoms with van der Waals surface area (Å²) in [4.78, 5) is 15.4. The third-order valence-corrected chi connectivity index (χ3v) is 3.59. The van der Waals surface area contributed by atoms with Crippen LogP contribution in [-0.2, 0) is 0 Å². The molecule has 0 bridgehead atoms. The fourth-order valence-corrected chi connectivity index (χ4v) is 2.40. The van der Waals surface area contributed by atoms with Gasteiger partial charge in [0.15, 0.2) is 0 Å². The average molecular weight is 300 g/mol. The Balaban J connectivity index is 1.80. The second-order valence-electron chi connectivity index (χ2n) is 5.38. The number of aryl methyl sites for hydroxylation is 2. The molecule has 1 aliphatic rings. The number of aliphatic imine (C=N–C) groups is 1. The summed E-state index contributed by atoms with van der Waals surface area (Å²) in [7, 11) is 0. The van der Waals surface area contributed by atoms with Gasteiger partial charge in [-0.2, -0.15) is 0 Å². The van der Waals surface area contributed by atoms with Crippen LogP contribution in [0.5, 0.6) is 0 Å². The monoisotopic (exact) mass is 300 g/mol. The molecular weight excluding hydrogens is 280 g/mol. The molecule has 3 N–H and O–H groups in total. The lowest BCUT2D eigenvalue weighted by Gasteiger charge is -2.26. The number of hydrogen-bond acceptors (Lipinski definition) is 7. The van der Waals surface area contributed by atoms with Crippen molar-refractivity contribution in [3.8, 4) is 0 Å². The lowest BCUT2D eigenvalue weighted by Crippen LogP contribution is -2.46. The highest BCUT2D eigenvalue weighted by atomic mass is 16.3. The van der Waals surface area contributed by atoms with Crippen molar-refractivity contribution in [2.24, 2.45) is 4.99 Å². The van der Waals surface area contributed by atoms with E-state index in [9.17, 15) is 0 Å². The number of nitrogens with one attached hydrogen (secondary N) is 2. The molecule has 0 saturated carbocycles. The molecule has 0 aliphatic carbocycles. The minimum absolute atomic E-state index is 0.131. The van der Waals surface area contributed by atoms with Gasteiger partial charge in [-0.15, -0.1) is 0 Å². The smallest absolute Gasteiger partial charge is 0.230 e. The zero-order valence-corrected chi connectivity index (χ0v) is 12.8. The van der Waals surface area contributed by atoms with Crippen LogP contribution in [0.2, 0.25) is 0 Å². The van der Waals surface area contributed by atoms with Crippen LogP contribution in [-0.4, -0.2) is 52.4 Å². The maximum atomic E-state index is 8.92. The van der Waals surface area contributed by atoms with Crippen LogP contribution in [0, 0.1) is 13.8 Å². The van der Waals surface area contributed by atoms with E-state index in [-0.39, 0.29) is 6.61 Å². The second-order valence-corrected chi connectivity index (χ2v) is 5.38. The normalized spacial score (nSPS) is 15.5. The number of aliphatic hydroxyl groups is 1. The summed E-state index contributed by atoms with van der Waals surface area (Å²) >= 11 is 0. The fourth-order valence-electron chi connectivity index (χ4n) is 2.40. The molecule has 2 aromatic rings. The van der Waals surface area contributed by atoms with E-state index < -0.39 is 0 Å². The first kappa shape index (κ1) is 14.7. The Morgan fingerprint density at radius 1 is 1.32 bits per heavy atom. The molecule has 0 amide bonds. The van der Waals surface area contributed by atoms with Gasteiger partial charge in [0.25, 0.3) is 0 Å². The van der Waals surface area contributed by atoms with Crippen LogP contribution in [0.1, 0.15) is 11.3 Å². The fraction of sp³-hybridized carbons (Fsp3) is 0.400. The number of fused-ring (bicyclic) bond motifs is 1. The van der Waals surface area contributed by atoms with Crippen LogP contribution >= 0.6 is 0 Å². The van der Waals surface area contributed by atoms with E-state index in [0.29, 0.717) is 31.8 Å². The van der Waals surface area contributed by atoms with Crippen LogP contribution in [0.4, 0.5) is 5.95 Å². The van der Waals surface area contributed by atoms with Crippen molar-refractivity contribution in [1.82, 2.24) is 20.2 Å². The molecule has 0 saturated heterocycles. The van der Waals surface area contributed by atoms with Gasteiger partial charge >= 0.3 is 0 Å². The molecule has 22 heavy (non-hydrogen) atoms. The van der Waals surface area contributed by atoms with Crippen molar-refractivity contribution in [2.45, 2.75) is 13.8 Å². The molecule has 7 heteroatoms. The van der Waals surface area contributed by atoms with Crippen molar-refractivity contribution in [3.05, 3.63) is 29.5 Å². The third-order valence-electron chi connectivity index (χ3n) is 3.59. The molecule has 1 aromatic heterocycles. The van der Waals surface area contributed by atoms with Gasteiger partial charge in [0.2, 0.25) is 11.9 Å². The highest BCUT2D eigenvalue weighted by Crippen LogP contribution is 2.18. The molecule has 1 aliphatic heterocycles. The van der Waals surface area contributed by atoms with Crippen molar-refractivity contribution < 1.29 is 5.11 Å². The quantitative estimate of drug-likeness (QED) is 0.778. The molecule has 0 atom stereocenters. The highest BCUT2D eigenvalue weighted by Gasteiger charge is 2.13. The highest BCUT2D eigenvalue weighted by molar-refractivity contribution is 5.93. The third kappa shape index (κ3) is 3.15. The number of aliphatic hydroxyl groups excluding tert-OH is 1. The first-order valence-electron chi connectivity index (χ1n) is 7.29. The Morgan fingerprint density at radius 3 is 2.91 bits per heavy atom. The number of hydrogen-bond donors (Lipinski definition) is 3. The maximum absolute atomic E-state index is 8.92. The minimum Gasteiger partial charge on any atom is -0.395 e. The Bertz CT molecular complexity index is 714. The molecule has 0 radical (unpaired) electrons. The number of rotatable bonds is 3. The summed E-state index contributed by atoms with van der Waals surface area (Å²) in [5.74, 6) is 1.19. The predicted octanol–water partition coefficient (Wildman–Crippen LogP) is 0.827. The summed E-state index contributed by atoms with van der Waals surface area (Å²) in [5, 5.41) is 16.3. The molecule has 7 nitrogen and oxygen atoms in total. The van der Waals surface area contributed by atoms with Crippen molar-refractivity contribution in [1.29, 1.82) is 0 Å². The number of aromatic nitrogens is 2. The lowest BCUT2D eigenvalue weighted by molar-refractivity contribution is 0.191. The predicted molar refractivity (Wildman–Crippen MR) is 86.7 cm³/mol. The van der Waals surface area contributed by atoms with Gasteiger partial charge < -0.3 is 10.4 Å². The Hall–Kier alpha value is -2.25. The van der Waals surface area contributed by atoms with E-state index >= 15 is 0 Å². The zero-order chi connectivity index (χ0) is 15.5. The van der Waals surface area contributed by atoms with Gasteiger partial charge in [-0.3, -0.25) is 10.2 Å². The van der Waals surface area contributed by atoms with E-state index in [1.54, 1.807) is 0 Å². The summed E-state index contributed by atoms with van der Waals surface area (Å²) < 4.78 is 0. The van der Waals surface area contributed by atoms with Gasteiger partial charge in [-0.1, -0.05) is 12.1 Å². The molecule has 3 rings (SSSR count). The number of benzene rings is 1. The van der Waals surface area contributed by atoms with Gasteiger partial charge in [0.1, 0.15) is 0 Å². The van der Waals surface area contributed by atoms with E-state index in [0.717, 1.165) is 16.6 Å². The van der Waals surface area contributed by atoms with E-state index in [1.165, 1.54) is 5.56 Å². The second kappa shape index (κ2) is 6.25. The lowest BCUT2D eigenvalue weighted by atomic mass is 10.1. The maximum Gasteiger partial charge on any atom is 0.230 e. The number of anilines is 1. The van der Waals surface area contributed by atoms with Gasteiger partial charge in [0.05, 0.1) is 31.2 Å². The van der Waals surface area contributed by atoms with Crippen LogP contribution < -0.4 is 10.6 Å². The van der Waals surface area contributed by atoms with Crippen LogP contribution in [0.25, 0.3) is 10.9 Å². The average Bonchev–Trinajstić information content (AvgIpc) is 2.49. The molecule has 0 fully saturated rings. The van der Waals surface area contributed by atoms with E-state index in [4.69, 9.17) is 5.11 Å². The van der Waals surface area contributed by atoms with Gasteiger partial charge in [-0.05, 0) is 25.5 Å². The molecular formula is C15H20N6O. The van der Waals surface area contributed by atoms with Crippen LogP contribution in [0.3, 0.4) is 0 Å². The number of guanidine groups is 1. The van der Waals surface area contributed by atoms with Crippen molar-refractivity contribution in [2.75, 3.05) is 31.8 Å². The SMILES string of the molecule is Cc1ccc2c(C)nc(NC3=NCN(CCO)CN3)nc2c1. The molecule has 0 unspecified atom stereocenters. The Morgan fingerprint density at radius 2 is 2.18 bits per heavy atom. The van der Waals surface area contributed by atoms with Gasteiger partial charge in [0, 0.05) is 11.9 Å². The van der Waals surface area contributed by atoms with Gasteiger partial charge in [-0.25, -0.2) is 15.0 Å². The first-order valence-corrected chi connectivity index (χ1v) is 7.29. The minimum atomic E-state index is 0.131. The number of nitrogens with zero attached hydrogens (tertiary/aromatic N) is 4. The molecule has 0 spiro atoms. The van der Waals surface area contributed by atoms with E-state index in [2.05, 4.69) is 31.7 Å². The summed E-state index contributed by atoms with van der Waals surface area (Å²) in [6.45, 7) is 5.94. The van der Waals surface area contributed by atoms with Crippen LogP contribution in [0.15, 0.2) is 23.2 Å². The summed E-state index contributed by atoms with van der Waals surface area (Å²) in [5.41, 5.74) is 3.03. The number of β-amino-alcohol motifs (C(OH)–C–C–N with tert-alkyl or cyclic N) is 1. The Kier molecular flexibility index (Phi) is 4.17. The molecule has 116 valence electrons.